The number of anilines is 2. The number of hydrogen-bond donors (Lipinski definition) is 2. The summed E-state index contributed by atoms with van der Waals surface area (Å²) in [6.07, 6.45) is 1.36. The van der Waals surface area contributed by atoms with Gasteiger partial charge < -0.3 is 15.0 Å². The first-order chi connectivity index (χ1) is 16.9. The Morgan fingerprint density at radius 2 is 1.86 bits per heavy atom. The molecule has 0 amide bonds. The fourth-order valence-corrected chi connectivity index (χ4v) is 5.07. The number of sulfonamides is 1. The number of methoxy groups -OCH3 is 1. The molecule has 0 unspecified atom stereocenters. The van der Waals surface area contributed by atoms with Crippen molar-refractivity contribution in [1.82, 2.24) is 14.5 Å². The molecule has 0 aliphatic carbocycles. The van der Waals surface area contributed by atoms with Crippen LogP contribution in [0.5, 0.6) is 5.88 Å². The van der Waals surface area contributed by atoms with Gasteiger partial charge in [-0.3, -0.25) is 9.52 Å². The Hall–Kier alpha value is -4.06. The van der Waals surface area contributed by atoms with Crippen molar-refractivity contribution in [3.63, 3.8) is 0 Å². The minimum absolute atomic E-state index is 0.111. The third kappa shape index (κ3) is 4.47. The van der Waals surface area contributed by atoms with Crippen LogP contribution in [-0.2, 0) is 10.0 Å². The Balaban J connectivity index is 1.91. The molecule has 0 aliphatic heterocycles. The molecule has 3 N–H and O–H groups in total. The topological polar surface area (TPSA) is 129 Å². The standard InChI is InChI=1S/C24H23F2N5O4S/c1-12(2)31-20-10-22(27)29-13(3)16(20)9-17(24(31)32)14-7-19(23(35-4)28-11-14)30-36(33,34)21-6-5-15(25)8-18(21)26/h5-12,30H,1-4H3,(H2,27,29). The van der Waals surface area contributed by atoms with Gasteiger partial charge in [-0.15, -0.1) is 0 Å². The van der Waals surface area contributed by atoms with Gasteiger partial charge in [0.15, 0.2) is 0 Å². The molecule has 4 rings (SSSR count). The summed E-state index contributed by atoms with van der Waals surface area (Å²) in [5.74, 6) is -2.02. The summed E-state index contributed by atoms with van der Waals surface area (Å²) in [7, 11) is -3.21. The second kappa shape index (κ2) is 9.19. The van der Waals surface area contributed by atoms with Crippen LogP contribution in [0.2, 0.25) is 0 Å². The van der Waals surface area contributed by atoms with E-state index in [1.807, 2.05) is 13.8 Å². The van der Waals surface area contributed by atoms with Crippen molar-refractivity contribution >= 4 is 32.4 Å². The highest BCUT2D eigenvalue weighted by Gasteiger charge is 2.23. The van der Waals surface area contributed by atoms with Crippen LogP contribution in [0, 0.1) is 18.6 Å². The number of nitrogens with one attached hydrogen (secondary N) is 1. The zero-order valence-corrected chi connectivity index (χ0v) is 20.7. The number of nitrogens with two attached hydrogens (primary N) is 1. The first-order valence-corrected chi connectivity index (χ1v) is 12.3. The lowest BCUT2D eigenvalue weighted by molar-refractivity contribution is 0.400. The molecule has 188 valence electrons. The van der Waals surface area contributed by atoms with E-state index in [0.29, 0.717) is 22.7 Å². The van der Waals surface area contributed by atoms with E-state index in [0.717, 1.165) is 12.1 Å². The van der Waals surface area contributed by atoms with Crippen LogP contribution < -0.4 is 20.8 Å². The number of ether oxygens (including phenoxy) is 1. The number of nitrogen functional groups attached to an aromatic ring is 1. The highest BCUT2D eigenvalue weighted by molar-refractivity contribution is 7.92. The molecular weight excluding hydrogens is 492 g/mol. The number of aryl methyl sites for hydroxylation is 1. The van der Waals surface area contributed by atoms with Gasteiger partial charge in [-0.25, -0.2) is 27.2 Å². The van der Waals surface area contributed by atoms with Crippen LogP contribution >= 0.6 is 0 Å². The number of benzene rings is 1. The summed E-state index contributed by atoms with van der Waals surface area (Å²) in [4.78, 5) is 21.2. The molecular formula is C24H23F2N5O4S. The highest BCUT2D eigenvalue weighted by Crippen LogP contribution is 2.32. The second-order valence-corrected chi connectivity index (χ2v) is 10.0. The maximum absolute atomic E-state index is 14.2. The average molecular weight is 516 g/mol. The zero-order chi connectivity index (χ0) is 26.4. The molecule has 3 heterocycles. The molecule has 12 heteroatoms. The van der Waals surface area contributed by atoms with Crippen molar-refractivity contribution in [2.45, 2.75) is 31.7 Å². The third-order valence-electron chi connectivity index (χ3n) is 5.54. The van der Waals surface area contributed by atoms with Crippen LogP contribution in [0.4, 0.5) is 20.3 Å². The summed E-state index contributed by atoms with van der Waals surface area (Å²) in [6.45, 7) is 5.46. The fraction of sp³-hybridized carbons (Fsp3) is 0.208. The first kappa shape index (κ1) is 25.0. The maximum Gasteiger partial charge on any atom is 0.264 e. The molecule has 4 aromatic rings. The Kier molecular flexibility index (Phi) is 6.39. The molecule has 0 fully saturated rings. The van der Waals surface area contributed by atoms with Gasteiger partial charge in [0.05, 0.1) is 12.6 Å². The lowest BCUT2D eigenvalue weighted by atomic mass is 10.0. The van der Waals surface area contributed by atoms with Crippen LogP contribution in [0.15, 0.2) is 52.3 Å². The van der Waals surface area contributed by atoms with Crippen molar-refractivity contribution in [2.24, 2.45) is 0 Å². The van der Waals surface area contributed by atoms with E-state index >= 15 is 0 Å². The maximum atomic E-state index is 14.2. The Bertz CT molecular complexity index is 1670. The van der Waals surface area contributed by atoms with Gasteiger partial charge in [-0.05, 0) is 45.0 Å². The predicted octanol–water partition coefficient (Wildman–Crippen LogP) is 4.02. The fourth-order valence-electron chi connectivity index (χ4n) is 3.96. The minimum Gasteiger partial charge on any atom is -0.480 e. The van der Waals surface area contributed by atoms with Crippen molar-refractivity contribution < 1.29 is 21.9 Å². The van der Waals surface area contributed by atoms with Crippen molar-refractivity contribution in [3.8, 4) is 17.0 Å². The number of fused-ring (bicyclic) bond motifs is 1. The Morgan fingerprint density at radius 3 is 2.50 bits per heavy atom. The van der Waals surface area contributed by atoms with E-state index in [-0.39, 0.29) is 40.1 Å². The minimum atomic E-state index is -4.49. The first-order valence-electron chi connectivity index (χ1n) is 10.8. The summed E-state index contributed by atoms with van der Waals surface area (Å²) in [6, 6.07) is 6.49. The van der Waals surface area contributed by atoms with Crippen molar-refractivity contribution in [2.75, 3.05) is 17.6 Å². The summed E-state index contributed by atoms with van der Waals surface area (Å²) in [5.41, 5.74) is 7.15. The van der Waals surface area contributed by atoms with Gasteiger partial charge in [0.25, 0.3) is 15.6 Å². The number of hydrogen-bond acceptors (Lipinski definition) is 7. The molecule has 3 aromatic heterocycles. The zero-order valence-electron chi connectivity index (χ0n) is 19.8. The van der Waals surface area contributed by atoms with Crippen LogP contribution in [-0.4, -0.2) is 30.1 Å². The van der Waals surface area contributed by atoms with E-state index in [9.17, 15) is 22.0 Å². The van der Waals surface area contributed by atoms with Crippen LogP contribution in [0.3, 0.4) is 0 Å². The normalized spacial score (nSPS) is 11.8. The second-order valence-electron chi connectivity index (χ2n) is 8.35. The predicted molar refractivity (Wildman–Crippen MR) is 132 cm³/mol. The highest BCUT2D eigenvalue weighted by atomic mass is 32.2. The number of pyridine rings is 3. The van der Waals surface area contributed by atoms with E-state index in [1.54, 1.807) is 23.6 Å². The monoisotopic (exact) mass is 515 g/mol. The Labute approximate surface area is 205 Å². The Morgan fingerprint density at radius 1 is 1.14 bits per heavy atom. The summed E-state index contributed by atoms with van der Waals surface area (Å²) in [5, 5.41) is 0.679. The quantitative estimate of drug-likeness (QED) is 0.397. The third-order valence-corrected chi connectivity index (χ3v) is 6.94. The molecule has 0 radical (unpaired) electrons. The van der Waals surface area contributed by atoms with Gasteiger partial charge in [0.1, 0.15) is 28.0 Å². The molecule has 1 aromatic carbocycles. The number of rotatable bonds is 6. The lowest BCUT2D eigenvalue weighted by Gasteiger charge is -2.18. The molecule has 0 saturated heterocycles. The van der Waals surface area contributed by atoms with Gasteiger partial charge >= 0.3 is 0 Å². The largest absolute Gasteiger partial charge is 0.480 e. The van der Waals surface area contributed by atoms with E-state index in [2.05, 4.69) is 14.7 Å². The summed E-state index contributed by atoms with van der Waals surface area (Å²) >= 11 is 0. The number of nitrogens with zero attached hydrogens (tertiary/aromatic N) is 3. The number of aromatic nitrogens is 3. The van der Waals surface area contributed by atoms with Gasteiger partial charge in [-0.2, -0.15) is 0 Å². The smallest absolute Gasteiger partial charge is 0.264 e. The van der Waals surface area contributed by atoms with E-state index in [4.69, 9.17) is 10.5 Å². The van der Waals surface area contributed by atoms with E-state index < -0.39 is 26.6 Å². The average Bonchev–Trinajstić information content (AvgIpc) is 2.77. The van der Waals surface area contributed by atoms with E-state index in [1.165, 1.54) is 19.4 Å². The number of halogens is 2. The van der Waals surface area contributed by atoms with Crippen LogP contribution in [0.1, 0.15) is 25.6 Å². The SMILES string of the molecule is COc1ncc(-c2cc3c(C)nc(N)cc3n(C(C)C)c2=O)cc1NS(=O)(=O)c1ccc(F)cc1F. The van der Waals surface area contributed by atoms with Gasteiger partial charge in [0.2, 0.25) is 5.88 Å². The molecule has 0 spiro atoms. The molecule has 36 heavy (non-hydrogen) atoms. The summed E-state index contributed by atoms with van der Waals surface area (Å²) < 4.78 is 62.2. The van der Waals surface area contributed by atoms with Crippen molar-refractivity contribution in [1.29, 1.82) is 0 Å². The van der Waals surface area contributed by atoms with Gasteiger partial charge in [0, 0.05) is 46.6 Å². The molecule has 0 aliphatic rings. The van der Waals surface area contributed by atoms with Crippen LogP contribution in [0.25, 0.3) is 22.0 Å². The van der Waals surface area contributed by atoms with Gasteiger partial charge in [-0.1, -0.05) is 0 Å². The molecule has 0 atom stereocenters. The molecule has 0 saturated carbocycles. The lowest BCUT2D eigenvalue weighted by Crippen LogP contribution is -2.24. The van der Waals surface area contributed by atoms with Crippen molar-refractivity contribution in [3.05, 3.63) is 70.3 Å². The molecule has 0 bridgehead atoms. The molecule has 9 nitrogen and oxygen atoms in total.